The third-order valence-electron chi connectivity index (χ3n) is 2.91. The summed E-state index contributed by atoms with van der Waals surface area (Å²) in [7, 11) is -3.38. The minimum Gasteiger partial charge on any atom is -0.312 e. The van der Waals surface area contributed by atoms with E-state index in [1.807, 2.05) is 22.9 Å². The Morgan fingerprint density at radius 2 is 2.05 bits per heavy atom. The van der Waals surface area contributed by atoms with Crippen molar-refractivity contribution in [3.63, 3.8) is 0 Å². The first-order chi connectivity index (χ1) is 10.1. The fourth-order valence-corrected chi connectivity index (χ4v) is 4.93. The molecule has 0 aliphatic heterocycles. The molecular weight excluding hydrogens is 324 g/mol. The molecule has 2 aromatic rings. The van der Waals surface area contributed by atoms with Gasteiger partial charge in [0.25, 0.3) is 0 Å². The zero-order valence-corrected chi connectivity index (χ0v) is 14.4. The van der Waals surface area contributed by atoms with Crippen LogP contribution in [-0.4, -0.2) is 21.5 Å². The molecule has 7 heteroatoms. The Bertz CT molecular complexity index is 633. The molecule has 21 heavy (non-hydrogen) atoms. The number of nitrogens with one attached hydrogen (secondary N) is 2. The zero-order valence-electron chi connectivity index (χ0n) is 12.0. The van der Waals surface area contributed by atoms with Crippen molar-refractivity contribution in [2.24, 2.45) is 0 Å². The van der Waals surface area contributed by atoms with Crippen molar-refractivity contribution in [1.29, 1.82) is 0 Å². The van der Waals surface area contributed by atoms with Crippen LogP contribution < -0.4 is 10.0 Å². The van der Waals surface area contributed by atoms with Gasteiger partial charge in [-0.3, -0.25) is 0 Å². The lowest BCUT2D eigenvalue weighted by Crippen LogP contribution is -2.25. The second-order valence-corrected chi connectivity index (χ2v) is 8.62. The van der Waals surface area contributed by atoms with Gasteiger partial charge in [0.15, 0.2) is 0 Å². The largest absolute Gasteiger partial charge is 0.312 e. The quantitative estimate of drug-likeness (QED) is 0.688. The highest BCUT2D eigenvalue weighted by Crippen LogP contribution is 2.21. The highest BCUT2D eigenvalue weighted by molar-refractivity contribution is 7.91. The summed E-state index contributed by atoms with van der Waals surface area (Å²) in [6, 6.07) is 5.57. The average molecular weight is 345 g/mol. The van der Waals surface area contributed by atoms with Gasteiger partial charge in [-0.2, -0.15) is 11.3 Å². The van der Waals surface area contributed by atoms with E-state index in [0.717, 1.165) is 30.8 Å². The van der Waals surface area contributed by atoms with Crippen LogP contribution in [0.3, 0.4) is 0 Å². The highest BCUT2D eigenvalue weighted by Gasteiger charge is 2.16. The summed E-state index contributed by atoms with van der Waals surface area (Å²) in [5.74, 6) is 0. The lowest BCUT2D eigenvalue weighted by molar-refractivity contribution is 0.584. The van der Waals surface area contributed by atoms with Crippen LogP contribution in [0.1, 0.15) is 23.8 Å². The summed E-state index contributed by atoms with van der Waals surface area (Å²) >= 11 is 2.95. The highest BCUT2D eigenvalue weighted by atomic mass is 32.2. The molecule has 4 nitrogen and oxygen atoms in total. The summed E-state index contributed by atoms with van der Waals surface area (Å²) in [6.07, 6.45) is 1.79. The topological polar surface area (TPSA) is 58.2 Å². The number of sulfonamides is 1. The Morgan fingerprint density at radius 3 is 2.76 bits per heavy atom. The first kappa shape index (κ1) is 16.6. The van der Waals surface area contributed by atoms with E-state index in [0.29, 0.717) is 10.8 Å². The van der Waals surface area contributed by atoms with Gasteiger partial charge in [-0.15, -0.1) is 11.3 Å². The van der Waals surface area contributed by atoms with Crippen LogP contribution in [0.25, 0.3) is 0 Å². The fourth-order valence-electron chi connectivity index (χ4n) is 1.82. The van der Waals surface area contributed by atoms with Gasteiger partial charge in [0.05, 0.1) is 0 Å². The molecule has 0 amide bonds. The molecule has 0 unspecified atom stereocenters. The third kappa shape index (κ3) is 5.19. The Balaban J connectivity index is 1.86. The monoisotopic (exact) mass is 344 g/mol. The molecule has 0 spiro atoms. The maximum atomic E-state index is 12.2. The summed E-state index contributed by atoms with van der Waals surface area (Å²) in [6.45, 7) is 4.21. The third-order valence-corrected chi connectivity index (χ3v) is 6.68. The molecule has 0 atom stereocenters. The molecule has 2 N–H and O–H groups in total. The second-order valence-electron chi connectivity index (χ2n) is 4.68. The van der Waals surface area contributed by atoms with E-state index in [2.05, 4.69) is 17.0 Å². The standard InChI is InChI=1S/C14H20N2O2S3/c1-2-7-15-10-13-3-4-14(20-13)21(17,18)16-8-5-12-6-9-19-11-12/h3-4,6,9,11,15-16H,2,5,7-8,10H2,1H3. The molecular formula is C14H20N2O2S3. The van der Waals surface area contributed by atoms with E-state index in [1.54, 1.807) is 17.4 Å². The van der Waals surface area contributed by atoms with Gasteiger partial charge in [0, 0.05) is 18.0 Å². The smallest absolute Gasteiger partial charge is 0.250 e. The van der Waals surface area contributed by atoms with Gasteiger partial charge >= 0.3 is 0 Å². The molecule has 0 bridgehead atoms. The summed E-state index contributed by atoms with van der Waals surface area (Å²) in [4.78, 5) is 1.04. The van der Waals surface area contributed by atoms with E-state index in [9.17, 15) is 8.42 Å². The molecule has 0 radical (unpaired) electrons. The number of rotatable bonds is 9. The van der Waals surface area contributed by atoms with E-state index in [-0.39, 0.29) is 0 Å². The SMILES string of the molecule is CCCNCc1ccc(S(=O)(=O)NCCc2ccsc2)s1. The van der Waals surface area contributed by atoms with Crippen molar-refractivity contribution >= 4 is 32.7 Å². The van der Waals surface area contributed by atoms with E-state index in [4.69, 9.17) is 0 Å². The minimum absolute atomic E-state index is 0.390. The minimum atomic E-state index is -3.38. The number of hydrogen-bond acceptors (Lipinski definition) is 5. The van der Waals surface area contributed by atoms with Gasteiger partial charge in [-0.25, -0.2) is 13.1 Å². The van der Waals surface area contributed by atoms with Gasteiger partial charge < -0.3 is 5.32 Å². The maximum absolute atomic E-state index is 12.2. The van der Waals surface area contributed by atoms with Crippen LogP contribution in [-0.2, 0) is 23.0 Å². The molecule has 2 rings (SSSR count). The Labute approximate surface area is 134 Å². The normalized spacial score (nSPS) is 11.9. The van der Waals surface area contributed by atoms with E-state index in [1.165, 1.54) is 16.9 Å². The molecule has 0 saturated heterocycles. The predicted molar refractivity (Wildman–Crippen MR) is 89.5 cm³/mol. The molecule has 2 heterocycles. The van der Waals surface area contributed by atoms with Crippen LogP contribution in [0, 0.1) is 0 Å². The van der Waals surface area contributed by atoms with Crippen LogP contribution in [0.5, 0.6) is 0 Å². The molecule has 2 aromatic heterocycles. The van der Waals surface area contributed by atoms with Crippen LogP contribution >= 0.6 is 22.7 Å². The molecule has 0 aromatic carbocycles. The van der Waals surface area contributed by atoms with Crippen LogP contribution in [0.4, 0.5) is 0 Å². The van der Waals surface area contributed by atoms with E-state index >= 15 is 0 Å². The maximum Gasteiger partial charge on any atom is 0.250 e. The Hall–Kier alpha value is -0.730. The summed E-state index contributed by atoms with van der Waals surface area (Å²) in [5.41, 5.74) is 1.17. The number of thiophene rings is 2. The molecule has 0 fully saturated rings. The van der Waals surface area contributed by atoms with Gasteiger partial charge in [-0.05, 0) is 53.9 Å². The van der Waals surface area contributed by atoms with Gasteiger partial charge in [0.1, 0.15) is 4.21 Å². The number of hydrogen-bond donors (Lipinski definition) is 2. The molecule has 0 aliphatic rings. The van der Waals surface area contributed by atoms with Crippen molar-refractivity contribution in [1.82, 2.24) is 10.0 Å². The Morgan fingerprint density at radius 1 is 1.19 bits per heavy atom. The van der Waals surface area contributed by atoms with Crippen LogP contribution in [0.2, 0.25) is 0 Å². The average Bonchev–Trinajstić information content (AvgIpc) is 3.10. The zero-order chi connectivity index (χ0) is 15.1. The van der Waals surface area contributed by atoms with Gasteiger partial charge in [0.2, 0.25) is 10.0 Å². The first-order valence-corrected chi connectivity index (χ1v) is 10.2. The van der Waals surface area contributed by atoms with Crippen molar-refractivity contribution in [3.8, 4) is 0 Å². The summed E-state index contributed by atoms with van der Waals surface area (Å²) < 4.78 is 27.4. The Kier molecular flexibility index (Phi) is 6.38. The fraction of sp³-hybridized carbons (Fsp3) is 0.429. The summed E-state index contributed by atoms with van der Waals surface area (Å²) in [5, 5.41) is 7.31. The van der Waals surface area contributed by atoms with Crippen molar-refractivity contribution in [3.05, 3.63) is 39.4 Å². The second kappa shape index (κ2) is 8.05. The van der Waals surface area contributed by atoms with E-state index < -0.39 is 10.0 Å². The van der Waals surface area contributed by atoms with Crippen molar-refractivity contribution in [2.75, 3.05) is 13.1 Å². The predicted octanol–water partition coefficient (Wildman–Crippen LogP) is 2.83. The molecule has 0 saturated carbocycles. The molecule has 0 aliphatic carbocycles. The first-order valence-electron chi connectivity index (χ1n) is 6.92. The molecule has 116 valence electrons. The van der Waals surface area contributed by atoms with Crippen molar-refractivity contribution in [2.45, 2.75) is 30.5 Å². The van der Waals surface area contributed by atoms with Crippen molar-refractivity contribution < 1.29 is 8.42 Å². The van der Waals surface area contributed by atoms with Crippen LogP contribution in [0.15, 0.2) is 33.2 Å². The lowest BCUT2D eigenvalue weighted by atomic mass is 10.2. The lowest BCUT2D eigenvalue weighted by Gasteiger charge is -2.04. The van der Waals surface area contributed by atoms with Gasteiger partial charge in [-0.1, -0.05) is 6.92 Å².